The highest BCUT2D eigenvalue weighted by molar-refractivity contribution is 7.61. The lowest BCUT2D eigenvalue weighted by atomic mass is 10.2. The lowest BCUT2D eigenvalue weighted by Gasteiger charge is -2.44. The topological polar surface area (TPSA) is 9.23 Å². The number of hydrogen-bond donors (Lipinski definition) is 0. The van der Waals surface area contributed by atoms with Gasteiger partial charge in [0.05, 0.1) is 5.85 Å². The zero-order valence-electron chi connectivity index (χ0n) is 10.4. The van der Waals surface area contributed by atoms with Gasteiger partial charge in [-0.05, 0) is 17.2 Å². The van der Waals surface area contributed by atoms with Gasteiger partial charge in [0.1, 0.15) is 0 Å². The molecule has 0 N–H and O–H groups in total. The lowest BCUT2D eigenvalue weighted by molar-refractivity contribution is 0.179. The van der Waals surface area contributed by atoms with Gasteiger partial charge in [0.25, 0.3) is 0 Å². The molecule has 1 unspecified atom stereocenters. The van der Waals surface area contributed by atoms with E-state index < -0.39 is 0 Å². The van der Waals surface area contributed by atoms with Crippen LogP contribution < -0.4 is 0 Å². The second-order valence-electron chi connectivity index (χ2n) is 5.55. The van der Waals surface area contributed by atoms with Crippen molar-refractivity contribution in [2.24, 2.45) is 0 Å². The van der Waals surface area contributed by atoms with E-state index in [-0.39, 0.29) is 7.92 Å². The van der Waals surface area contributed by atoms with Crippen molar-refractivity contribution < 1.29 is 4.74 Å². The summed E-state index contributed by atoms with van der Waals surface area (Å²) in [5.41, 5.74) is 0. The molecule has 0 amide bonds. The van der Waals surface area contributed by atoms with Gasteiger partial charge >= 0.3 is 0 Å². The molecule has 0 saturated heterocycles. The molecular weight excluding hydrogens is 179 g/mol. The molecule has 0 spiro atoms. The van der Waals surface area contributed by atoms with Crippen LogP contribution in [0.1, 0.15) is 48.5 Å². The van der Waals surface area contributed by atoms with E-state index in [1.54, 1.807) is 0 Å². The third-order valence-electron chi connectivity index (χ3n) is 2.15. The van der Waals surface area contributed by atoms with Crippen molar-refractivity contribution in [3.63, 3.8) is 0 Å². The highest BCUT2D eigenvalue weighted by Crippen LogP contribution is 2.62. The van der Waals surface area contributed by atoms with Gasteiger partial charge in [0.2, 0.25) is 0 Å². The fourth-order valence-electron chi connectivity index (χ4n) is 2.20. The molecule has 0 fully saturated rings. The number of rotatable bonds is 2. The predicted molar refractivity (Wildman–Crippen MR) is 62.9 cm³/mol. The highest BCUT2D eigenvalue weighted by Gasteiger charge is 2.38. The van der Waals surface area contributed by atoms with E-state index >= 15 is 0 Å². The summed E-state index contributed by atoms with van der Waals surface area (Å²) in [4.78, 5) is 0. The maximum Gasteiger partial charge on any atom is 0.0743 e. The number of methoxy groups -OCH3 is 1. The molecule has 0 aromatic rings. The van der Waals surface area contributed by atoms with E-state index in [1.165, 1.54) is 0 Å². The predicted octanol–water partition coefficient (Wildman–Crippen LogP) is 4.06. The SMILES string of the molecule is COC(C)P(C(C)(C)C)C(C)(C)C. The molecule has 0 heterocycles. The minimum Gasteiger partial charge on any atom is -0.377 e. The van der Waals surface area contributed by atoms with Gasteiger partial charge < -0.3 is 4.74 Å². The van der Waals surface area contributed by atoms with Crippen molar-refractivity contribution in [3.8, 4) is 0 Å². The van der Waals surface area contributed by atoms with Crippen molar-refractivity contribution in [2.45, 2.75) is 64.6 Å². The van der Waals surface area contributed by atoms with Crippen molar-refractivity contribution in [3.05, 3.63) is 0 Å². The number of ether oxygens (including phenoxy) is 1. The molecule has 13 heavy (non-hydrogen) atoms. The van der Waals surface area contributed by atoms with Crippen LogP contribution in [-0.2, 0) is 4.74 Å². The average Bonchev–Trinajstić information content (AvgIpc) is 1.80. The molecule has 80 valence electrons. The van der Waals surface area contributed by atoms with E-state index in [1.807, 2.05) is 7.11 Å². The maximum absolute atomic E-state index is 5.49. The molecule has 0 aromatic carbocycles. The van der Waals surface area contributed by atoms with Crippen LogP contribution in [0.25, 0.3) is 0 Å². The summed E-state index contributed by atoms with van der Waals surface area (Å²) in [6, 6.07) is 0. The molecule has 1 nitrogen and oxygen atoms in total. The van der Waals surface area contributed by atoms with Crippen LogP contribution >= 0.6 is 7.92 Å². The average molecular weight is 204 g/mol. The summed E-state index contributed by atoms with van der Waals surface area (Å²) in [7, 11) is 1.69. The van der Waals surface area contributed by atoms with Gasteiger partial charge in [0, 0.05) is 7.11 Å². The zero-order chi connectivity index (χ0) is 10.9. The van der Waals surface area contributed by atoms with Crippen LogP contribution in [0.4, 0.5) is 0 Å². The molecule has 0 radical (unpaired) electrons. The molecule has 0 bridgehead atoms. The van der Waals surface area contributed by atoms with E-state index in [0.29, 0.717) is 16.2 Å². The second kappa shape index (κ2) is 4.28. The zero-order valence-corrected chi connectivity index (χ0v) is 11.3. The largest absolute Gasteiger partial charge is 0.377 e. The van der Waals surface area contributed by atoms with Crippen LogP contribution in [0.3, 0.4) is 0 Å². The Morgan fingerprint density at radius 1 is 0.923 bits per heavy atom. The van der Waals surface area contributed by atoms with Crippen LogP contribution in [-0.4, -0.2) is 23.3 Å². The molecule has 0 aliphatic rings. The maximum atomic E-state index is 5.49. The molecule has 0 aliphatic heterocycles. The molecule has 1 atom stereocenters. The summed E-state index contributed by atoms with van der Waals surface area (Å²) >= 11 is 0. The molecule has 0 saturated carbocycles. The fourth-order valence-corrected chi connectivity index (χ4v) is 6.61. The summed E-state index contributed by atoms with van der Waals surface area (Å²) < 4.78 is 5.49. The molecular formula is C11H25OP. The van der Waals surface area contributed by atoms with E-state index in [2.05, 4.69) is 48.5 Å². The van der Waals surface area contributed by atoms with Gasteiger partial charge in [-0.1, -0.05) is 49.5 Å². The fraction of sp³-hybridized carbons (Fsp3) is 1.00. The minimum absolute atomic E-state index is 0.126. The van der Waals surface area contributed by atoms with Gasteiger partial charge in [-0.15, -0.1) is 0 Å². The Morgan fingerprint density at radius 2 is 1.23 bits per heavy atom. The van der Waals surface area contributed by atoms with Crippen molar-refractivity contribution in [2.75, 3.05) is 7.11 Å². The van der Waals surface area contributed by atoms with E-state index in [9.17, 15) is 0 Å². The molecule has 0 aromatic heterocycles. The normalized spacial score (nSPS) is 16.4. The van der Waals surface area contributed by atoms with Crippen LogP contribution in [0.15, 0.2) is 0 Å². The Bertz CT molecular complexity index is 138. The smallest absolute Gasteiger partial charge is 0.0743 e. The van der Waals surface area contributed by atoms with Crippen LogP contribution in [0.2, 0.25) is 0 Å². The van der Waals surface area contributed by atoms with Crippen LogP contribution in [0, 0.1) is 0 Å². The first kappa shape index (κ1) is 13.4. The van der Waals surface area contributed by atoms with Gasteiger partial charge in [-0.25, -0.2) is 0 Å². The second-order valence-corrected chi connectivity index (χ2v) is 9.70. The first-order chi connectivity index (χ1) is 5.60. The van der Waals surface area contributed by atoms with Crippen molar-refractivity contribution >= 4 is 7.92 Å². The Morgan fingerprint density at radius 3 is 1.31 bits per heavy atom. The molecule has 0 aliphatic carbocycles. The quantitative estimate of drug-likeness (QED) is 0.616. The monoisotopic (exact) mass is 204 g/mol. The third kappa shape index (κ3) is 3.95. The third-order valence-corrected chi connectivity index (χ3v) is 5.98. The van der Waals surface area contributed by atoms with Gasteiger partial charge in [-0.3, -0.25) is 0 Å². The molecule has 0 rings (SSSR count). The van der Waals surface area contributed by atoms with Gasteiger partial charge in [-0.2, -0.15) is 0 Å². The molecule has 2 heteroatoms. The first-order valence-electron chi connectivity index (χ1n) is 4.93. The van der Waals surface area contributed by atoms with Gasteiger partial charge in [0.15, 0.2) is 0 Å². The highest BCUT2D eigenvalue weighted by atomic mass is 31.1. The van der Waals surface area contributed by atoms with E-state index in [0.717, 1.165) is 0 Å². The summed E-state index contributed by atoms with van der Waals surface area (Å²) in [5.74, 6) is 0.384. The Hall–Kier alpha value is 0.390. The van der Waals surface area contributed by atoms with E-state index in [4.69, 9.17) is 4.74 Å². The Balaban J connectivity index is 4.78. The Kier molecular flexibility index (Phi) is 4.40. The summed E-state index contributed by atoms with van der Waals surface area (Å²) in [5, 5.41) is 0.728. The Labute approximate surface area is 85.0 Å². The standard InChI is InChI=1S/C11H25OP/c1-9(12-8)13(10(2,3)4)11(5,6)7/h9H,1-8H3. The summed E-state index contributed by atoms with van der Waals surface area (Å²) in [6.07, 6.45) is 0. The first-order valence-corrected chi connectivity index (χ1v) is 6.34. The minimum atomic E-state index is -0.126. The van der Waals surface area contributed by atoms with Crippen molar-refractivity contribution in [1.82, 2.24) is 0 Å². The lowest BCUT2D eigenvalue weighted by Crippen LogP contribution is -2.30. The summed E-state index contributed by atoms with van der Waals surface area (Å²) in [6.45, 7) is 16.1. The van der Waals surface area contributed by atoms with Crippen LogP contribution in [0.5, 0.6) is 0 Å². The number of hydrogen-bond acceptors (Lipinski definition) is 1. The van der Waals surface area contributed by atoms with Crippen molar-refractivity contribution in [1.29, 1.82) is 0 Å².